The fourth-order valence-electron chi connectivity index (χ4n) is 2.09. The molecule has 1 rings (SSSR count). The SMILES string of the molecule is COC(CC1CCC(N)CC1)C(F)(F)F. The van der Waals surface area contributed by atoms with Crippen molar-refractivity contribution >= 4 is 0 Å². The largest absolute Gasteiger partial charge is 0.414 e. The second kappa shape index (κ2) is 5.16. The molecule has 1 aliphatic rings. The van der Waals surface area contributed by atoms with Crippen molar-refractivity contribution in [2.24, 2.45) is 11.7 Å². The number of methoxy groups -OCH3 is 1. The van der Waals surface area contributed by atoms with E-state index in [1.165, 1.54) is 0 Å². The zero-order chi connectivity index (χ0) is 11.5. The fraction of sp³-hybridized carbons (Fsp3) is 1.00. The lowest BCUT2D eigenvalue weighted by molar-refractivity contribution is -0.218. The third kappa shape index (κ3) is 3.99. The topological polar surface area (TPSA) is 35.2 Å². The van der Waals surface area contributed by atoms with Crippen LogP contribution in [0.15, 0.2) is 0 Å². The molecule has 1 atom stereocenters. The third-order valence-electron chi connectivity index (χ3n) is 3.09. The summed E-state index contributed by atoms with van der Waals surface area (Å²) >= 11 is 0. The smallest absolute Gasteiger partial charge is 0.372 e. The Morgan fingerprint density at radius 1 is 1.27 bits per heavy atom. The van der Waals surface area contributed by atoms with Crippen molar-refractivity contribution in [2.45, 2.75) is 50.4 Å². The highest BCUT2D eigenvalue weighted by Gasteiger charge is 2.41. The molecule has 0 aromatic carbocycles. The number of hydrogen-bond acceptors (Lipinski definition) is 2. The van der Waals surface area contributed by atoms with Crippen LogP contribution in [0.3, 0.4) is 0 Å². The van der Waals surface area contributed by atoms with Crippen LogP contribution in [-0.4, -0.2) is 25.4 Å². The van der Waals surface area contributed by atoms with Gasteiger partial charge < -0.3 is 10.5 Å². The molecule has 0 spiro atoms. The first kappa shape index (κ1) is 12.8. The quantitative estimate of drug-likeness (QED) is 0.800. The molecule has 0 amide bonds. The molecule has 0 heterocycles. The number of nitrogens with two attached hydrogens (primary N) is 1. The van der Waals surface area contributed by atoms with Crippen LogP contribution in [0.2, 0.25) is 0 Å². The lowest BCUT2D eigenvalue weighted by Gasteiger charge is -2.29. The Kier molecular flexibility index (Phi) is 4.40. The first-order valence-corrected chi connectivity index (χ1v) is 5.28. The van der Waals surface area contributed by atoms with Crippen molar-refractivity contribution in [3.05, 3.63) is 0 Å². The third-order valence-corrected chi connectivity index (χ3v) is 3.09. The minimum Gasteiger partial charge on any atom is -0.372 e. The molecule has 1 unspecified atom stereocenters. The van der Waals surface area contributed by atoms with Crippen LogP contribution < -0.4 is 5.73 Å². The molecule has 2 N–H and O–H groups in total. The lowest BCUT2D eigenvalue weighted by Crippen LogP contribution is -2.35. The van der Waals surface area contributed by atoms with E-state index >= 15 is 0 Å². The first-order valence-electron chi connectivity index (χ1n) is 5.28. The van der Waals surface area contributed by atoms with E-state index in [4.69, 9.17) is 5.73 Å². The molecule has 1 fully saturated rings. The Bertz CT molecular complexity index is 188. The first-order chi connectivity index (χ1) is 6.93. The molecule has 0 aromatic rings. The predicted molar refractivity (Wildman–Crippen MR) is 51.4 cm³/mol. The summed E-state index contributed by atoms with van der Waals surface area (Å²) in [4.78, 5) is 0. The molecule has 1 saturated carbocycles. The number of ether oxygens (including phenoxy) is 1. The van der Waals surface area contributed by atoms with Crippen LogP contribution in [0.25, 0.3) is 0 Å². The zero-order valence-electron chi connectivity index (χ0n) is 8.89. The maximum Gasteiger partial charge on any atom is 0.414 e. The molecule has 2 nitrogen and oxygen atoms in total. The Labute approximate surface area is 88.0 Å². The van der Waals surface area contributed by atoms with E-state index in [1.54, 1.807) is 0 Å². The van der Waals surface area contributed by atoms with E-state index in [9.17, 15) is 13.2 Å². The molecular formula is C10H18F3NO. The maximum atomic E-state index is 12.4. The summed E-state index contributed by atoms with van der Waals surface area (Å²) in [5.74, 6) is 0.108. The van der Waals surface area contributed by atoms with Gasteiger partial charge >= 0.3 is 6.18 Å². The van der Waals surface area contributed by atoms with E-state index < -0.39 is 12.3 Å². The van der Waals surface area contributed by atoms with Crippen molar-refractivity contribution in [3.8, 4) is 0 Å². The molecule has 0 radical (unpaired) electrons. The van der Waals surface area contributed by atoms with Gasteiger partial charge in [-0.15, -0.1) is 0 Å². The van der Waals surface area contributed by atoms with Crippen LogP contribution in [-0.2, 0) is 4.74 Å². The predicted octanol–water partition coefficient (Wildman–Crippen LogP) is 2.47. The molecule has 0 aliphatic heterocycles. The van der Waals surface area contributed by atoms with Gasteiger partial charge in [-0.25, -0.2) is 0 Å². The summed E-state index contributed by atoms with van der Waals surface area (Å²) in [6, 6.07) is 0.174. The van der Waals surface area contributed by atoms with Crippen LogP contribution >= 0.6 is 0 Å². The molecule has 1 aliphatic carbocycles. The van der Waals surface area contributed by atoms with E-state index in [0.29, 0.717) is 0 Å². The van der Waals surface area contributed by atoms with Gasteiger partial charge in [0.2, 0.25) is 0 Å². The molecular weight excluding hydrogens is 207 g/mol. The van der Waals surface area contributed by atoms with Crippen LogP contribution in [0.1, 0.15) is 32.1 Å². The molecule has 0 saturated heterocycles. The Morgan fingerprint density at radius 3 is 2.20 bits per heavy atom. The fourth-order valence-corrected chi connectivity index (χ4v) is 2.09. The highest BCUT2D eigenvalue weighted by molar-refractivity contribution is 4.79. The van der Waals surface area contributed by atoms with Crippen LogP contribution in [0.4, 0.5) is 13.2 Å². The minimum atomic E-state index is -4.24. The maximum absolute atomic E-state index is 12.4. The van der Waals surface area contributed by atoms with Gasteiger partial charge in [0.25, 0.3) is 0 Å². The lowest BCUT2D eigenvalue weighted by atomic mass is 9.83. The van der Waals surface area contributed by atoms with Gasteiger partial charge in [0.15, 0.2) is 6.10 Å². The highest BCUT2D eigenvalue weighted by atomic mass is 19.4. The molecule has 90 valence electrons. The zero-order valence-corrected chi connectivity index (χ0v) is 8.89. The Hall–Kier alpha value is -0.290. The van der Waals surface area contributed by atoms with Crippen LogP contribution in [0, 0.1) is 5.92 Å². The monoisotopic (exact) mass is 225 g/mol. The van der Waals surface area contributed by atoms with Gasteiger partial charge in [0.05, 0.1) is 0 Å². The number of rotatable bonds is 3. The van der Waals surface area contributed by atoms with Crippen molar-refractivity contribution in [1.82, 2.24) is 0 Å². The van der Waals surface area contributed by atoms with Gasteiger partial charge in [-0.05, 0) is 38.0 Å². The summed E-state index contributed by atoms with van der Waals surface area (Å²) in [6.07, 6.45) is -2.54. The second-order valence-electron chi connectivity index (χ2n) is 4.28. The average molecular weight is 225 g/mol. The second-order valence-corrected chi connectivity index (χ2v) is 4.28. The molecule has 0 aromatic heterocycles. The van der Waals surface area contributed by atoms with Gasteiger partial charge in [0, 0.05) is 13.2 Å². The van der Waals surface area contributed by atoms with Crippen molar-refractivity contribution in [1.29, 1.82) is 0 Å². The molecule has 0 bridgehead atoms. The standard InChI is InChI=1S/C10H18F3NO/c1-15-9(10(11,12)13)6-7-2-4-8(14)5-3-7/h7-9H,2-6,14H2,1H3. The van der Waals surface area contributed by atoms with Crippen LogP contribution in [0.5, 0.6) is 0 Å². The van der Waals surface area contributed by atoms with Gasteiger partial charge in [-0.3, -0.25) is 0 Å². The number of hydrogen-bond donors (Lipinski definition) is 1. The van der Waals surface area contributed by atoms with Gasteiger partial charge in [0.1, 0.15) is 0 Å². The molecule has 5 heteroatoms. The molecule has 15 heavy (non-hydrogen) atoms. The Morgan fingerprint density at radius 2 is 1.80 bits per heavy atom. The highest BCUT2D eigenvalue weighted by Crippen LogP contribution is 2.33. The van der Waals surface area contributed by atoms with Gasteiger partial charge in [-0.2, -0.15) is 13.2 Å². The van der Waals surface area contributed by atoms with E-state index in [-0.39, 0.29) is 18.4 Å². The summed E-state index contributed by atoms with van der Waals surface area (Å²) < 4.78 is 41.7. The minimum absolute atomic E-state index is 0.0761. The normalized spacial score (nSPS) is 30.2. The van der Waals surface area contributed by atoms with Crippen molar-refractivity contribution < 1.29 is 17.9 Å². The van der Waals surface area contributed by atoms with E-state index in [1.807, 2.05) is 0 Å². The van der Waals surface area contributed by atoms with Crippen molar-refractivity contribution in [2.75, 3.05) is 7.11 Å². The number of alkyl halides is 3. The summed E-state index contributed by atoms with van der Waals surface area (Å²) in [6.45, 7) is 0. The summed E-state index contributed by atoms with van der Waals surface area (Å²) in [7, 11) is 1.12. The summed E-state index contributed by atoms with van der Waals surface area (Å²) in [5.41, 5.74) is 5.69. The van der Waals surface area contributed by atoms with Crippen molar-refractivity contribution in [3.63, 3.8) is 0 Å². The van der Waals surface area contributed by atoms with E-state index in [0.717, 1.165) is 32.8 Å². The summed E-state index contributed by atoms with van der Waals surface area (Å²) in [5, 5.41) is 0. The van der Waals surface area contributed by atoms with E-state index in [2.05, 4.69) is 4.74 Å². The average Bonchev–Trinajstić information content (AvgIpc) is 2.15. The number of halogens is 3. The van der Waals surface area contributed by atoms with Gasteiger partial charge in [-0.1, -0.05) is 0 Å². The Balaban J connectivity index is 2.39.